The van der Waals surface area contributed by atoms with Crippen LogP contribution in [0.5, 0.6) is 5.75 Å². The molecule has 1 saturated heterocycles. The first-order valence-corrected chi connectivity index (χ1v) is 8.09. The van der Waals surface area contributed by atoms with Gasteiger partial charge in [-0.2, -0.15) is 11.3 Å². The Morgan fingerprint density at radius 2 is 2.19 bits per heavy atom. The van der Waals surface area contributed by atoms with Gasteiger partial charge in [0, 0.05) is 25.2 Å². The molecule has 1 aromatic heterocycles. The highest BCUT2D eigenvalue weighted by Gasteiger charge is 2.33. The van der Waals surface area contributed by atoms with Crippen molar-refractivity contribution in [2.45, 2.75) is 6.04 Å². The molecule has 0 radical (unpaired) electrons. The number of benzene rings is 1. The molecule has 5 heteroatoms. The minimum Gasteiger partial charge on any atom is -0.490 e. The van der Waals surface area contributed by atoms with Gasteiger partial charge in [0.05, 0.1) is 11.6 Å². The molecular formula is C16H16N2O2S. The van der Waals surface area contributed by atoms with Crippen LogP contribution in [0.3, 0.4) is 0 Å². The molecule has 108 valence electrons. The van der Waals surface area contributed by atoms with Crippen LogP contribution in [0.2, 0.25) is 0 Å². The number of hydrogen-bond acceptors (Lipinski definition) is 4. The predicted molar refractivity (Wildman–Crippen MR) is 82.9 cm³/mol. The lowest BCUT2D eigenvalue weighted by Crippen LogP contribution is -2.54. The van der Waals surface area contributed by atoms with E-state index in [4.69, 9.17) is 4.74 Å². The smallest absolute Gasteiger partial charge is 0.258 e. The summed E-state index contributed by atoms with van der Waals surface area (Å²) in [5, 5.41) is 7.46. The third kappa shape index (κ3) is 2.13. The van der Waals surface area contributed by atoms with E-state index in [-0.39, 0.29) is 11.9 Å². The summed E-state index contributed by atoms with van der Waals surface area (Å²) < 4.78 is 6.05. The van der Waals surface area contributed by atoms with Gasteiger partial charge in [0.1, 0.15) is 12.4 Å². The molecule has 0 bridgehead atoms. The number of nitrogens with zero attached hydrogens (tertiary/aromatic N) is 1. The summed E-state index contributed by atoms with van der Waals surface area (Å²) in [6, 6.07) is 8.02. The fourth-order valence-electron chi connectivity index (χ4n) is 3.02. The Labute approximate surface area is 127 Å². The Bertz CT molecular complexity index is 669. The molecule has 1 unspecified atom stereocenters. The monoisotopic (exact) mass is 300 g/mol. The number of rotatable bonds is 1. The second-order valence-electron chi connectivity index (χ2n) is 5.36. The summed E-state index contributed by atoms with van der Waals surface area (Å²) >= 11 is 1.65. The number of ether oxygens (including phenoxy) is 1. The average Bonchev–Trinajstić information content (AvgIpc) is 3.02. The summed E-state index contributed by atoms with van der Waals surface area (Å²) in [6.07, 6.45) is 0. The normalized spacial score (nSPS) is 21.2. The maximum atomic E-state index is 12.8. The molecule has 4 nitrogen and oxygen atoms in total. The van der Waals surface area contributed by atoms with E-state index in [1.807, 2.05) is 28.5 Å². The fourth-order valence-corrected chi connectivity index (χ4v) is 3.67. The molecule has 2 aliphatic heterocycles. The van der Waals surface area contributed by atoms with Crippen molar-refractivity contribution in [2.24, 2.45) is 0 Å². The minimum atomic E-state index is 0.0890. The van der Waals surface area contributed by atoms with Crippen molar-refractivity contribution in [1.82, 2.24) is 10.2 Å². The Hall–Kier alpha value is -1.85. The van der Waals surface area contributed by atoms with Gasteiger partial charge in [-0.25, -0.2) is 0 Å². The van der Waals surface area contributed by atoms with Gasteiger partial charge >= 0.3 is 0 Å². The molecule has 1 N–H and O–H groups in total. The number of carbonyl (C=O) groups excluding carboxylic acids is 1. The Kier molecular flexibility index (Phi) is 3.16. The van der Waals surface area contributed by atoms with Crippen molar-refractivity contribution in [3.8, 4) is 16.9 Å². The van der Waals surface area contributed by atoms with Crippen LogP contribution < -0.4 is 10.1 Å². The Morgan fingerprint density at radius 3 is 3.05 bits per heavy atom. The third-order valence-corrected chi connectivity index (χ3v) is 4.79. The molecule has 0 saturated carbocycles. The lowest BCUT2D eigenvalue weighted by atomic mass is 10.0. The number of amides is 1. The number of nitrogens with one attached hydrogen (secondary N) is 1. The summed E-state index contributed by atoms with van der Waals surface area (Å²) in [5.74, 6) is 0.821. The molecule has 3 heterocycles. The highest BCUT2D eigenvalue weighted by atomic mass is 32.1. The third-order valence-electron chi connectivity index (χ3n) is 4.11. The van der Waals surface area contributed by atoms with Gasteiger partial charge < -0.3 is 15.0 Å². The van der Waals surface area contributed by atoms with E-state index >= 15 is 0 Å². The first-order valence-electron chi connectivity index (χ1n) is 7.14. The van der Waals surface area contributed by atoms with E-state index in [1.54, 1.807) is 11.3 Å². The standard InChI is InChI=1S/C16H16N2O2S/c19-16-14-3-1-2-13(11-4-7-21-10-11)15(14)20-9-12-8-17-5-6-18(12)16/h1-4,7,10,12,17H,5-6,8-9H2. The van der Waals surface area contributed by atoms with E-state index in [2.05, 4.69) is 16.8 Å². The highest BCUT2D eigenvalue weighted by molar-refractivity contribution is 7.08. The zero-order chi connectivity index (χ0) is 14.2. The minimum absolute atomic E-state index is 0.0890. The molecule has 4 rings (SSSR count). The summed E-state index contributed by atoms with van der Waals surface area (Å²) in [5.41, 5.74) is 2.81. The molecule has 1 atom stereocenters. The topological polar surface area (TPSA) is 41.6 Å². The van der Waals surface area contributed by atoms with Crippen LogP contribution in [0, 0.1) is 0 Å². The van der Waals surface area contributed by atoms with Gasteiger partial charge in [-0.15, -0.1) is 0 Å². The van der Waals surface area contributed by atoms with Gasteiger partial charge in [0.2, 0.25) is 0 Å². The number of hydrogen-bond donors (Lipinski definition) is 1. The molecule has 0 spiro atoms. The molecule has 21 heavy (non-hydrogen) atoms. The van der Waals surface area contributed by atoms with Crippen LogP contribution >= 0.6 is 11.3 Å². The van der Waals surface area contributed by atoms with E-state index < -0.39 is 0 Å². The highest BCUT2D eigenvalue weighted by Crippen LogP contribution is 2.37. The lowest BCUT2D eigenvalue weighted by Gasteiger charge is -2.33. The van der Waals surface area contributed by atoms with Crippen LogP contribution in [-0.4, -0.2) is 43.1 Å². The maximum absolute atomic E-state index is 12.8. The van der Waals surface area contributed by atoms with Gasteiger partial charge in [0.15, 0.2) is 0 Å². The second kappa shape index (κ2) is 5.16. The first-order chi connectivity index (χ1) is 10.3. The zero-order valence-electron chi connectivity index (χ0n) is 11.5. The molecule has 1 fully saturated rings. The van der Waals surface area contributed by atoms with Crippen molar-refractivity contribution in [3.05, 3.63) is 40.6 Å². The van der Waals surface area contributed by atoms with Crippen molar-refractivity contribution >= 4 is 17.2 Å². The quantitative estimate of drug-likeness (QED) is 0.878. The Morgan fingerprint density at radius 1 is 1.29 bits per heavy atom. The van der Waals surface area contributed by atoms with Crippen LogP contribution in [0.15, 0.2) is 35.0 Å². The number of thiophene rings is 1. The fraction of sp³-hybridized carbons (Fsp3) is 0.312. The van der Waals surface area contributed by atoms with Crippen molar-refractivity contribution < 1.29 is 9.53 Å². The number of para-hydroxylation sites is 1. The van der Waals surface area contributed by atoms with Crippen LogP contribution in [-0.2, 0) is 0 Å². The van der Waals surface area contributed by atoms with Gasteiger partial charge in [-0.05, 0) is 28.5 Å². The van der Waals surface area contributed by atoms with Crippen molar-refractivity contribution in [2.75, 3.05) is 26.2 Å². The summed E-state index contributed by atoms with van der Waals surface area (Å²) in [7, 11) is 0. The molecule has 1 aromatic carbocycles. The number of carbonyl (C=O) groups is 1. The summed E-state index contributed by atoms with van der Waals surface area (Å²) in [4.78, 5) is 14.8. The van der Waals surface area contributed by atoms with E-state index in [1.165, 1.54) is 0 Å². The van der Waals surface area contributed by atoms with E-state index in [9.17, 15) is 4.79 Å². The maximum Gasteiger partial charge on any atom is 0.258 e. The van der Waals surface area contributed by atoms with Crippen molar-refractivity contribution in [1.29, 1.82) is 0 Å². The molecular weight excluding hydrogens is 284 g/mol. The summed E-state index contributed by atoms with van der Waals surface area (Å²) in [6.45, 7) is 2.94. The van der Waals surface area contributed by atoms with Gasteiger partial charge in [-0.3, -0.25) is 4.79 Å². The van der Waals surface area contributed by atoms with Gasteiger partial charge in [-0.1, -0.05) is 12.1 Å². The lowest BCUT2D eigenvalue weighted by molar-refractivity contribution is 0.0606. The number of fused-ring (bicyclic) bond motifs is 2. The van der Waals surface area contributed by atoms with E-state index in [0.29, 0.717) is 12.2 Å². The molecule has 2 aliphatic rings. The van der Waals surface area contributed by atoms with Crippen LogP contribution in [0.4, 0.5) is 0 Å². The predicted octanol–water partition coefficient (Wildman–Crippen LogP) is 2.22. The van der Waals surface area contributed by atoms with E-state index in [0.717, 1.165) is 36.5 Å². The van der Waals surface area contributed by atoms with Crippen LogP contribution in [0.1, 0.15) is 10.4 Å². The Balaban J connectivity index is 1.81. The zero-order valence-corrected chi connectivity index (χ0v) is 12.4. The average molecular weight is 300 g/mol. The largest absolute Gasteiger partial charge is 0.490 e. The van der Waals surface area contributed by atoms with Gasteiger partial charge in [0.25, 0.3) is 5.91 Å². The number of piperazine rings is 1. The van der Waals surface area contributed by atoms with Crippen LogP contribution in [0.25, 0.3) is 11.1 Å². The van der Waals surface area contributed by atoms with Crippen molar-refractivity contribution in [3.63, 3.8) is 0 Å². The SMILES string of the molecule is O=C1c2cccc(-c3ccsc3)c2OCC2CNCCN12. The molecule has 0 aliphatic carbocycles. The second-order valence-corrected chi connectivity index (χ2v) is 6.14. The molecule has 1 amide bonds. The molecule has 2 aromatic rings. The first kappa shape index (κ1) is 12.9.